The van der Waals surface area contributed by atoms with E-state index in [9.17, 15) is 0 Å². The summed E-state index contributed by atoms with van der Waals surface area (Å²) in [5, 5.41) is 8.15. The summed E-state index contributed by atoms with van der Waals surface area (Å²) in [5.74, 6) is 0. The lowest BCUT2D eigenvalue weighted by Gasteiger charge is -2.28. The fourth-order valence-electron chi connectivity index (χ4n) is 7.67. The molecule has 8 heteroatoms. The average molecular weight is 551 g/mol. The van der Waals surface area contributed by atoms with E-state index < -0.39 is 0 Å². The minimum Gasteiger partial charge on any atom is -0.101 e. The first kappa shape index (κ1) is 28.6. The second-order valence-corrected chi connectivity index (χ2v) is 12.7. The summed E-state index contributed by atoms with van der Waals surface area (Å²) < 4.78 is 0. The molecule has 0 nitrogen and oxygen atoms in total. The predicted molar refractivity (Wildman–Crippen MR) is 221 cm³/mol. The lowest BCUT2D eigenvalue weighted by molar-refractivity contribution is 1.65. The summed E-state index contributed by atoms with van der Waals surface area (Å²) in [4.78, 5) is 0. The fourth-order valence-corrected chi connectivity index (χ4v) is 7.67. The predicted octanol–water partition coefficient (Wildman–Crippen LogP) is -3.79. The van der Waals surface area contributed by atoms with E-state index in [0.717, 1.165) is 0 Å². The van der Waals surface area contributed by atoms with Crippen LogP contribution in [-0.4, -0.2) is 62.8 Å². The van der Waals surface area contributed by atoms with E-state index in [1.54, 1.807) is 0 Å². The number of fused-ring (bicyclic) bond motifs is 3. The van der Waals surface area contributed by atoms with Gasteiger partial charge in [0, 0.05) is 0 Å². The maximum absolute atomic E-state index is 2.40. The van der Waals surface area contributed by atoms with E-state index in [4.69, 9.17) is 0 Å². The van der Waals surface area contributed by atoms with Gasteiger partial charge in [-0.25, -0.2) is 0 Å². The van der Waals surface area contributed by atoms with Gasteiger partial charge in [0.25, 0.3) is 0 Å². The van der Waals surface area contributed by atoms with Gasteiger partial charge in [-0.2, -0.15) is 0 Å². The third-order valence-corrected chi connectivity index (χ3v) is 10.7. The van der Waals surface area contributed by atoms with Gasteiger partial charge >= 0.3 is 0 Å². The van der Waals surface area contributed by atoms with Crippen LogP contribution in [0.3, 0.4) is 0 Å². The molecule has 7 aromatic carbocycles. The summed E-state index contributed by atoms with van der Waals surface area (Å²) in [6, 6.07) is 35.6. The van der Waals surface area contributed by atoms with Crippen LogP contribution < -0.4 is 43.7 Å². The van der Waals surface area contributed by atoms with Crippen molar-refractivity contribution >= 4 is 139 Å². The first-order chi connectivity index (χ1) is 21.2. The number of benzene rings is 7. The molecule has 0 atom stereocenters. The molecule has 0 N–H and O–H groups in total. The number of hydrogen-bond donors (Lipinski definition) is 0. The van der Waals surface area contributed by atoms with Crippen LogP contribution in [0, 0.1) is 0 Å². The molecule has 44 heavy (non-hydrogen) atoms. The Hall–Kier alpha value is -4.16. The van der Waals surface area contributed by atoms with E-state index in [-0.39, 0.29) is 0 Å². The molecule has 200 valence electrons. The highest BCUT2D eigenvalue weighted by atomic mass is 14.3. The van der Waals surface area contributed by atoms with Gasteiger partial charge in [-0.1, -0.05) is 119 Å². The Morgan fingerprint density at radius 2 is 0.614 bits per heavy atom. The van der Waals surface area contributed by atoms with Gasteiger partial charge in [-0.3, -0.25) is 0 Å². The molecule has 0 amide bonds. The Morgan fingerprint density at radius 3 is 1.07 bits per heavy atom. The topological polar surface area (TPSA) is 0 Å². The monoisotopic (exact) mass is 552 g/mol. The van der Waals surface area contributed by atoms with Crippen LogP contribution in [0.2, 0.25) is 0 Å². The largest absolute Gasteiger partial charge is 0.139 e. The zero-order chi connectivity index (χ0) is 30.9. The van der Waals surface area contributed by atoms with Crippen LogP contribution in [0.1, 0.15) is 0 Å². The van der Waals surface area contributed by atoms with Gasteiger partial charge < -0.3 is 0 Å². The lowest BCUT2D eigenvalue weighted by Crippen LogP contribution is -2.50. The SMILES string of the molecule is Bc1c(B)c(B)c2c(-c3ccc(-c4ccccc4)c4ccccc34)c3c(B)c(B)c(B)c(B)c3c(-c3ccccc3)c2c1B. The molecule has 7 rings (SSSR count). The minimum absolute atomic E-state index is 1.25. The summed E-state index contributed by atoms with van der Waals surface area (Å²) >= 11 is 0. The normalized spacial score (nSPS) is 11.5. The molecule has 0 aliphatic carbocycles. The zero-order valence-electron chi connectivity index (χ0n) is 27.2. The smallest absolute Gasteiger partial charge is 0.101 e. The molecule has 0 aliphatic heterocycles. The van der Waals surface area contributed by atoms with Gasteiger partial charge in [-0.05, 0) is 65.7 Å². The van der Waals surface area contributed by atoms with Crippen molar-refractivity contribution in [3.05, 3.63) is 97.1 Å². The van der Waals surface area contributed by atoms with Crippen LogP contribution in [0.25, 0.3) is 65.7 Å². The Kier molecular flexibility index (Phi) is 7.00. The van der Waals surface area contributed by atoms with Crippen LogP contribution in [0.15, 0.2) is 97.1 Å². The second-order valence-electron chi connectivity index (χ2n) is 12.7. The molecule has 0 saturated carbocycles. The highest BCUT2D eigenvalue weighted by molar-refractivity contribution is 6.71. The van der Waals surface area contributed by atoms with E-state index in [1.165, 1.54) is 109 Å². The molecule has 0 saturated heterocycles. The van der Waals surface area contributed by atoms with Crippen LogP contribution in [0.4, 0.5) is 0 Å². The van der Waals surface area contributed by atoms with Gasteiger partial charge in [0.05, 0.1) is 0 Å². The number of rotatable bonds is 3. The van der Waals surface area contributed by atoms with E-state index in [1.807, 2.05) is 0 Å². The summed E-state index contributed by atoms with van der Waals surface area (Å²) in [6.45, 7) is 0. The lowest BCUT2D eigenvalue weighted by atomic mass is 9.59. The van der Waals surface area contributed by atoms with Crippen molar-refractivity contribution in [2.75, 3.05) is 0 Å². The third-order valence-electron chi connectivity index (χ3n) is 10.7. The van der Waals surface area contributed by atoms with Crippen molar-refractivity contribution in [3.8, 4) is 33.4 Å². The van der Waals surface area contributed by atoms with Crippen LogP contribution >= 0.6 is 0 Å². The van der Waals surface area contributed by atoms with E-state index >= 15 is 0 Å². The molecular formula is C36H32B8. The van der Waals surface area contributed by atoms with E-state index in [2.05, 4.69) is 160 Å². The molecule has 0 bridgehead atoms. The maximum atomic E-state index is 2.40. The summed E-state index contributed by atoms with van der Waals surface area (Å²) in [5.41, 5.74) is 18.9. The summed E-state index contributed by atoms with van der Waals surface area (Å²) in [6.07, 6.45) is 0. The average Bonchev–Trinajstić information content (AvgIpc) is 3.07. The molecule has 7 aromatic rings. The van der Waals surface area contributed by atoms with Gasteiger partial charge in [0.2, 0.25) is 0 Å². The second kappa shape index (κ2) is 10.8. The summed E-state index contributed by atoms with van der Waals surface area (Å²) in [7, 11) is 18.6. The molecule has 0 spiro atoms. The molecule has 0 heterocycles. The Balaban J connectivity index is 1.80. The third kappa shape index (κ3) is 4.11. The van der Waals surface area contributed by atoms with Crippen molar-refractivity contribution in [2.24, 2.45) is 0 Å². The zero-order valence-corrected chi connectivity index (χ0v) is 27.2. The van der Waals surface area contributed by atoms with Crippen LogP contribution in [0.5, 0.6) is 0 Å². The minimum atomic E-state index is 1.25. The van der Waals surface area contributed by atoms with Crippen molar-refractivity contribution in [1.29, 1.82) is 0 Å². The van der Waals surface area contributed by atoms with Crippen molar-refractivity contribution in [3.63, 3.8) is 0 Å². The quantitative estimate of drug-likeness (QED) is 0.156. The van der Waals surface area contributed by atoms with Crippen molar-refractivity contribution < 1.29 is 0 Å². The Labute approximate surface area is 268 Å². The van der Waals surface area contributed by atoms with Gasteiger partial charge in [0.1, 0.15) is 62.8 Å². The molecule has 0 aliphatic rings. The van der Waals surface area contributed by atoms with Crippen molar-refractivity contribution in [1.82, 2.24) is 0 Å². The highest BCUT2D eigenvalue weighted by Crippen LogP contribution is 2.44. The van der Waals surface area contributed by atoms with Gasteiger partial charge in [-0.15, -0.1) is 21.9 Å². The van der Waals surface area contributed by atoms with Gasteiger partial charge in [0.15, 0.2) is 0 Å². The molecule has 0 radical (unpaired) electrons. The Bertz CT molecular complexity index is 2210. The van der Waals surface area contributed by atoms with Crippen LogP contribution in [-0.2, 0) is 0 Å². The fraction of sp³-hybridized carbons (Fsp3) is 0. The number of hydrogen-bond acceptors (Lipinski definition) is 0. The first-order valence-corrected chi connectivity index (χ1v) is 15.8. The Morgan fingerprint density at radius 1 is 0.273 bits per heavy atom. The van der Waals surface area contributed by atoms with E-state index in [0.29, 0.717) is 0 Å². The maximum Gasteiger partial charge on any atom is 0.139 e. The first-order valence-electron chi connectivity index (χ1n) is 15.8. The molecule has 0 fully saturated rings. The molecule has 0 aromatic heterocycles. The van der Waals surface area contributed by atoms with Crippen molar-refractivity contribution in [2.45, 2.75) is 0 Å². The standard InChI is InChI=1S/C36H32B8/c37-29-25-23(18-11-5-2-6-12-18)26-28(32(40)36(44)34(42)30(26)38)24(27(25)31(39)35(43)33(29)41)22-16-15-19(17-9-3-1-4-10-17)20-13-7-8-14-21(20)22/h1-16H,37-44H2. The highest BCUT2D eigenvalue weighted by Gasteiger charge is 2.25. The molecular weight excluding hydrogens is 519 g/mol. The molecule has 0 unspecified atom stereocenters.